The molecule has 31 heavy (non-hydrogen) atoms. The number of aromatic nitrogens is 3. The minimum atomic E-state index is -0.406. The van der Waals surface area contributed by atoms with E-state index in [1.807, 2.05) is 18.2 Å². The number of halogens is 2. The fourth-order valence-corrected chi connectivity index (χ4v) is 3.35. The average molecular weight is 437 g/mol. The molecule has 156 valence electrons. The Morgan fingerprint density at radius 1 is 1.10 bits per heavy atom. The summed E-state index contributed by atoms with van der Waals surface area (Å²) < 4.78 is 16.2. The zero-order valence-corrected chi connectivity index (χ0v) is 17.3. The Morgan fingerprint density at radius 3 is 2.58 bits per heavy atom. The van der Waals surface area contributed by atoms with E-state index in [0.29, 0.717) is 27.8 Å². The Labute approximate surface area is 182 Å². The van der Waals surface area contributed by atoms with E-state index in [1.54, 1.807) is 31.2 Å². The molecular weight excluding hydrogens is 419 g/mol. The molecule has 0 fully saturated rings. The summed E-state index contributed by atoms with van der Waals surface area (Å²) in [7, 11) is 0. The standard InChI is InChI=1S/C23H18ClFN4O2/c1-15-12-21(29(27-15)19-9-7-18(25)8-10-19)26-23(31)17-6-11-22(30)28(14-17)13-16-4-2-3-5-20(16)24/h2-12,14H,13H2,1H3,(H,26,31). The van der Waals surface area contributed by atoms with Crippen LogP contribution in [0.4, 0.5) is 10.2 Å². The summed E-state index contributed by atoms with van der Waals surface area (Å²) in [5, 5.41) is 7.72. The summed E-state index contributed by atoms with van der Waals surface area (Å²) in [5.74, 6) is -0.340. The number of benzene rings is 2. The molecule has 8 heteroatoms. The van der Waals surface area contributed by atoms with Crippen molar-refractivity contribution in [3.05, 3.63) is 111 Å². The van der Waals surface area contributed by atoms with E-state index in [1.165, 1.54) is 39.7 Å². The number of nitrogens with zero attached hydrogens (tertiary/aromatic N) is 3. The number of nitrogens with one attached hydrogen (secondary N) is 1. The topological polar surface area (TPSA) is 68.9 Å². The molecule has 2 aromatic carbocycles. The number of pyridine rings is 1. The summed E-state index contributed by atoms with van der Waals surface area (Å²) >= 11 is 6.20. The number of amides is 1. The molecule has 0 atom stereocenters. The van der Waals surface area contributed by atoms with Crippen LogP contribution >= 0.6 is 11.6 Å². The molecule has 1 amide bonds. The summed E-state index contributed by atoms with van der Waals surface area (Å²) in [4.78, 5) is 25.2. The van der Waals surface area contributed by atoms with E-state index in [0.717, 1.165) is 5.56 Å². The molecule has 2 aromatic heterocycles. The molecule has 0 bridgehead atoms. The van der Waals surface area contributed by atoms with E-state index in [2.05, 4.69) is 10.4 Å². The highest BCUT2D eigenvalue weighted by atomic mass is 35.5. The van der Waals surface area contributed by atoms with Crippen molar-refractivity contribution in [1.29, 1.82) is 0 Å². The van der Waals surface area contributed by atoms with Gasteiger partial charge in [0.1, 0.15) is 11.6 Å². The van der Waals surface area contributed by atoms with Crippen molar-refractivity contribution in [2.24, 2.45) is 0 Å². The van der Waals surface area contributed by atoms with Gasteiger partial charge in [0.15, 0.2) is 0 Å². The minimum Gasteiger partial charge on any atom is -0.310 e. The lowest BCUT2D eigenvalue weighted by molar-refractivity contribution is 0.102. The van der Waals surface area contributed by atoms with Gasteiger partial charge in [-0.2, -0.15) is 5.10 Å². The predicted molar refractivity (Wildman–Crippen MR) is 117 cm³/mol. The third-order valence-corrected chi connectivity index (χ3v) is 5.06. The maximum Gasteiger partial charge on any atom is 0.258 e. The lowest BCUT2D eigenvalue weighted by atomic mass is 10.2. The largest absolute Gasteiger partial charge is 0.310 e. The highest BCUT2D eigenvalue weighted by molar-refractivity contribution is 6.31. The molecular formula is C23H18ClFN4O2. The number of carbonyl (C=O) groups excluding carboxylic acids is 1. The first-order valence-corrected chi connectivity index (χ1v) is 9.86. The van der Waals surface area contributed by atoms with Crippen LogP contribution < -0.4 is 10.9 Å². The van der Waals surface area contributed by atoms with Crippen LogP contribution in [0.2, 0.25) is 5.02 Å². The van der Waals surface area contributed by atoms with E-state index in [-0.39, 0.29) is 17.9 Å². The van der Waals surface area contributed by atoms with Crippen molar-refractivity contribution in [3.8, 4) is 5.69 Å². The summed E-state index contributed by atoms with van der Waals surface area (Å²) in [6.45, 7) is 2.03. The van der Waals surface area contributed by atoms with Crippen molar-refractivity contribution in [2.75, 3.05) is 5.32 Å². The Morgan fingerprint density at radius 2 is 1.84 bits per heavy atom. The van der Waals surface area contributed by atoms with Gasteiger partial charge in [-0.25, -0.2) is 9.07 Å². The molecule has 4 aromatic rings. The third kappa shape index (κ3) is 4.57. The SMILES string of the molecule is Cc1cc(NC(=O)c2ccc(=O)n(Cc3ccccc3Cl)c2)n(-c2ccc(F)cc2)n1. The van der Waals surface area contributed by atoms with E-state index in [9.17, 15) is 14.0 Å². The van der Waals surface area contributed by atoms with Crippen molar-refractivity contribution in [1.82, 2.24) is 14.3 Å². The van der Waals surface area contributed by atoms with Gasteiger partial charge in [0.05, 0.1) is 23.5 Å². The van der Waals surface area contributed by atoms with Gasteiger partial charge in [0.25, 0.3) is 11.5 Å². The minimum absolute atomic E-state index is 0.242. The van der Waals surface area contributed by atoms with Gasteiger partial charge >= 0.3 is 0 Å². The molecule has 0 spiro atoms. The fourth-order valence-electron chi connectivity index (χ4n) is 3.16. The molecule has 0 aliphatic heterocycles. The molecule has 0 saturated heterocycles. The Bertz CT molecular complexity index is 1310. The highest BCUT2D eigenvalue weighted by Crippen LogP contribution is 2.19. The second-order valence-corrected chi connectivity index (χ2v) is 7.40. The van der Waals surface area contributed by atoms with Crippen LogP contribution in [0.1, 0.15) is 21.6 Å². The molecule has 1 N–H and O–H groups in total. The number of carbonyl (C=O) groups is 1. The van der Waals surface area contributed by atoms with Crippen molar-refractivity contribution in [2.45, 2.75) is 13.5 Å². The van der Waals surface area contributed by atoms with E-state index < -0.39 is 5.91 Å². The smallest absolute Gasteiger partial charge is 0.258 e. The van der Waals surface area contributed by atoms with Crippen LogP contribution in [0.25, 0.3) is 5.69 Å². The first-order chi connectivity index (χ1) is 14.9. The average Bonchev–Trinajstić information content (AvgIpc) is 3.11. The maximum absolute atomic E-state index is 13.3. The van der Waals surface area contributed by atoms with Crippen LogP contribution in [0.5, 0.6) is 0 Å². The first kappa shape index (κ1) is 20.6. The van der Waals surface area contributed by atoms with Crippen molar-refractivity contribution in [3.63, 3.8) is 0 Å². The molecule has 0 aliphatic carbocycles. The molecule has 2 heterocycles. The van der Waals surface area contributed by atoms with Gasteiger partial charge in [-0.3, -0.25) is 9.59 Å². The Kier molecular flexibility index (Phi) is 5.68. The molecule has 0 unspecified atom stereocenters. The number of hydrogen-bond donors (Lipinski definition) is 1. The molecule has 0 radical (unpaired) electrons. The first-order valence-electron chi connectivity index (χ1n) is 9.48. The van der Waals surface area contributed by atoms with Crippen LogP contribution in [0, 0.1) is 12.7 Å². The van der Waals surface area contributed by atoms with Crippen LogP contribution in [-0.4, -0.2) is 20.3 Å². The lowest BCUT2D eigenvalue weighted by Gasteiger charge is -2.11. The lowest BCUT2D eigenvalue weighted by Crippen LogP contribution is -2.23. The van der Waals surface area contributed by atoms with Gasteiger partial charge in [-0.1, -0.05) is 29.8 Å². The zero-order chi connectivity index (χ0) is 22.0. The van der Waals surface area contributed by atoms with Crippen molar-refractivity contribution < 1.29 is 9.18 Å². The summed E-state index contributed by atoms with van der Waals surface area (Å²) in [5.41, 5.74) is 2.12. The van der Waals surface area contributed by atoms with Gasteiger partial charge in [0, 0.05) is 23.4 Å². The molecule has 6 nitrogen and oxygen atoms in total. The monoisotopic (exact) mass is 436 g/mol. The fraction of sp³-hybridized carbons (Fsp3) is 0.0870. The Hall–Kier alpha value is -3.71. The predicted octanol–water partition coefficient (Wildman–Crippen LogP) is 4.44. The van der Waals surface area contributed by atoms with E-state index >= 15 is 0 Å². The number of hydrogen-bond acceptors (Lipinski definition) is 3. The zero-order valence-electron chi connectivity index (χ0n) is 16.5. The normalized spacial score (nSPS) is 10.8. The van der Waals surface area contributed by atoms with E-state index in [4.69, 9.17) is 11.6 Å². The second-order valence-electron chi connectivity index (χ2n) is 6.99. The maximum atomic E-state index is 13.3. The highest BCUT2D eigenvalue weighted by Gasteiger charge is 2.14. The summed E-state index contributed by atoms with van der Waals surface area (Å²) in [6.07, 6.45) is 1.49. The quantitative estimate of drug-likeness (QED) is 0.503. The number of anilines is 1. The van der Waals surface area contributed by atoms with Gasteiger partial charge in [0.2, 0.25) is 0 Å². The van der Waals surface area contributed by atoms with Gasteiger partial charge in [-0.05, 0) is 48.9 Å². The Balaban J connectivity index is 1.61. The van der Waals surface area contributed by atoms with Crippen LogP contribution in [-0.2, 0) is 6.54 Å². The van der Waals surface area contributed by atoms with Crippen molar-refractivity contribution >= 4 is 23.3 Å². The molecule has 0 saturated carbocycles. The van der Waals surface area contributed by atoms with Crippen LogP contribution in [0.15, 0.2) is 77.7 Å². The summed E-state index contributed by atoms with van der Waals surface area (Å²) in [6, 6.07) is 17.5. The van der Waals surface area contributed by atoms with Gasteiger partial charge < -0.3 is 9.88 Å². The van der Waals surface area contributed by atoms with Gasteiger partial charge in [-0.15, -0.1) is 0 Å². The third-order valence-electron chi connectivity index (χ3n) is 4.69. The van der Waals surface area contributed by atoms with Crippen LogP contribution in [0.3, 0.4) is 0 Å². The molecule has 0 aliphatic rings. The number of aryl methyl sites for hydroxylation is 1. The second kappa shape index (κ2) is 8.57. The number of rotatable bonds is 5. The molecule has 4 rings (SSSR count).